The number of carbonyl (C=O) groups is 1. The highest BCUT2D eigenvalue weighted by Crippen LogP contribution is 2.23. The van der Waals surface area contributed by atoms with Crippen molar-refractivity contribution in [2.45, 2.75) is 46.2 Å². The van der Waals surface area contributed by atoms with Gasteiger partial charge >= 0.3 is 0 Å². The van der Waals surface area contributed by atoms with E-state index in [2.05, 4.69) is 33.5 Å². The van der Waals surface area contributed by atoms with Crippen LogP contribution in [0.1, 0.15) is 39.2 Å². The van der Waals surface area contributed by atoms with Crippen molar-refractivity contribution in [2.24, 2.45) is 0 Å². The first kappa shape index (κ1) is 18.0. The van der Waals surface area contributed by atoms with Gasteiger partial charge < -0.3 is 15.4 Å². The molecular weight excluding hydrogens is 332 g/mol. The highest BCUT2D eigenvalue weighted by molar-refractivity contribution is 9.10. The average molecular weight is 357 g/mol. The van der Waals surface area contributed by atoms with Crippen LogP contribution in [0.3, 0.4) is 0 Å². The predicted octanol–water partition coefficient (Wildman–Crippen LogP) is 3.24. The molecule has 4 nitrogen and oxygen atoms in total. The molecule has 1 rings (SSSR count). The lowest BCUT2D eigenvalue weighted by atomic mass is 10.2. The lowest BCUT2D eigenvalue weighted by molar-refractivity contribution is -0.123. The van der Waals surface area contributed by atoms with E-state index in [9.17, 15) is 4.79 Å². The molecule has 0 radical (unpaired) electrons. The molecule has 0 aliphatic carbocycles. The Labute approximate surface area is 135 Å². The van der Waals surface area contributed by atoms with Crippen LogP contribution in [0.25, 0.3) is 0 Å². The van der Waals surface area contributed by atoms with E-state index >= 15 is 0 Å². The molecule has 1 unspecified atom stereocenters. The molecule has 2 N–H and O–H groups in total. The van der Waals surface area contributed by atoms with Crippen molar-refractivity contribution in [3.05, 3.63) is 28.2 Å². The van der Waals surface area contributed by atoms with Crippen molar-refractivity contribution in [3.63, 3.8) is 0 Å². The SMILES string of the molecule is CCCNCc1cc(Br)ccc1OCC(=O)NC(C)CC. The van der Waals surface area contributed by atoms with Gasteiger partial charge in [0.05, 0.1) is 0 Å². The van der Waals surface area contributed by atoms with Crippen LogP contribution < -0.4 is 15.4 Å². The maximum atomic E-state index is 11.8. The number of rotatable bonds is 9. The van der Waals surface area contributed by atoms with Gasteiger partial charge in [-0.2, -0.15) is 0 Å². The minimum atomic E-state index is -0.0836. The van der Waals surface area contributed by atoms with Crippen molar-refractivity contribution in [1.82, 2.24) is 10.6 Å². The van der Waals surface area contributed by atoms with Crippen molar-refractivity contribution in [2.75, 3.05) is 13.2 Å². The highest BCUT2D eigenvalue weighted by atomic mass is 79.9. The van der Waals surface area contributed by atoms with Gasteiger partial charge in [0.2, 0.25) is 0 Å². The van der Waals surface area contributed by atoms with E-state index in [0.29, 0.717) is 0 Å². The van der Waals surface area contributed by atoms with Crippen LogP contribution in [-0.4, -0.2) is 25.1 Å². The van der Waals surface area contributed by atoms with Gasteiger partial charge in [0, 0.05) is 22.6 Å². The summed E-state index contributed by atoms with van der Waals surface area (Å²) in [6, 6.07) is 6.01. The first-order valence-corrected chi connectivity index (χ1v) is 8.27. The zero-order valence-electron chi connectivity index (χ0n) is 13.0. The Morgan fingerprint density at radius 1 is 1.38 bits per heavy atom. The zero-order valence-corrected chi connectivity index (χ0v) is 14.6. The molecule has 0 saturated heterocycles. The maximum Gasteiger partial charge on any atom is 0.258 e. The Kier molecular flexibility index (Phi) is 8.38. The molecule has 0 aliphatic heterocycles. The minimum Gasteiger partial charge on any atom is -0.483 e. The zero-order chi connectivity index (χ0) is 15.7. The molecule has 0 spiro atoms. The standard InChI is InChI=1S/C16H25BrN2O2/c1-4-8-18-10-13-9-14(17)6-7-15(13)21-11-16(20)19-12(3)5-2/h6-7,9,12,18H,4-5,8,10-11H2,1-3H3,(H,19,20). The van der Waals surface area contributed by atoms with Crippen LogP contribution >= 0.6 is 15.9 Å². The van der Waals surface area contributed by atoms with Gasteiger partial charge in [0.25, 0.3) is 5.91 Å². The normalized spacial score (nSPS) is 12.0. The Morgan fingerprint density at radius 3 is 2.81 bits per heavy atom. The van der Waals surface area contributed by atoms with Crippen LogP contribution in [0.2, 0.25) is 0 Å². The Balaban J connectivity index is 2.58. The third-order valence-electron chi connectivity index (χ3n) is 3.14. The monoisotopic (exact) mass is 356 g/mol. The number of hydrogen-bond donors (Lipinski definition) is 2. The Morgan fingerprint density at radius 2 is 2.14 bits per heavy atom. The summed E-state index contributed by atoms with van der Waals surface area (Å²) in [6.07, 6.45) is 2.00. The Hall–Kier alpha value is -1.07. The van der Waals surface area contributed by atoms with Crippen LogP contribution in [0, 0.1) is 0 Å². The van der Waals surface area contributed by atoms with Crippen LogP contribution in [0.4, 0.5) is 0 Å². The summed E-state index contributed by atoms with van der Waals surface area (Å²) in [4.78, 5) is 11.8. The lowest BCUT2D eigenvalue weighted by Crippen LogP contribution is -2.35. The van der Waals surface area contributed by atoms with Crippen molar-refractivity contribution >= 4 is 21.8 Å². The number of amides is 1. The van der Waals surface area contributed by atoms with Gasteiger partial charge in [-0.15, -0.1) is 0 Å². The number of carbonyl (C=O) groups excluding carboxylic acids is 1. The van der Waals surface area contributed by atoms with Crippen molar-refractivity contribution < 1.29 is 9.53 Å². The summed E-state index contributed by atoms with van der Waals surface area (Å²) in [6.45, 7) is 7.89. The molecule has 1 aromatic carbocycles. The van der Waals surface area contributed by atoms with Gasteiger partial charge in [-0.3, -0.25) is 4.79 Å². The van der Waals surface area contributed by atoms with Gasteiger partial charge in [-0.25, -0.2) is 0 Å². The summed E-state index contributed by atoms with van der Waals surface area (Å²) >= 11 is 3.46. The summed E-state index contributed by atoms with van der Waals surface area (Å²) in [5, 5.41) is 6.24. The summed E-state index contributed by atoms with van der Waals surface area (Å²) in [5.74, 6) is 0.667. The van der Waals surface area contributed by atoms with Gasteiger partial charge in [0.15, 0.2) is 6.61 Å². The molecule has 1 atom stereocenters. The molecule has 1 aromatic rings. The van der Waals surface area contributed by atoms with Crippen molar-refractivity contribution in [3.8, 4) is 5.75 Å². The second-order valence-corrected chi connectivity index (χ2v) is 6.01. The molecule has 21 heavy (non-hydrogen) atoms. The largest absolute Gasteiger partial charge is 0.483 e. The molecule has 0 aliphatic rings. The molecular formula is C16H25BrN2O2. The molecule has 0 saturated carbocycles. The third-order valence-corrected chi connectivity index (χ3v) is 3.64. The molecule has 0 heterocycles. The predicted molar refractivity (Wildman–Crippen MR) is 89.5 cm³/mol. The Bertz CT molecular complexity index is 452. The number of hydrogen-bond acceptors (Lipinski definition) is 3. The molecule has 5 heteroatoms. The first-order valence-electron chi connectivity index (χ1n) is 7.48. The van der Waals surface area contributed by atoms with E-state index < -0.39 is 0 Å². The topological polar surface area (TPSA) is 50.4 Å². The third kappa shape index (κ3) is 6.96. The van der Waals surface area contributed by atoms with Crippen LogP contribution in [0.15, 0.2) is 22.7 Å². The fourth-order valence-electron chi connectivity index (χ4n) is 1.79. The van der Waals surface area contributed by atoms with E-state index in [-0.39, 0.29) is 18.6 Å². The van der Waals surface area contributed by atoms with Crippen molar-refractivity contribution in [1.29, 1.82) is 0 Å². The highest BCUT2D eigenvalue weighted by Gasteiger charge is 2.09. The number of benzene rings is 1. The average Bonchev–Trinajstić information content (AvgIpc) is 2.46. The number of ether oxygens (including phenoxy) is 1. The van der Waals surface area contributed by atoms with E-state index in [1.165, 1.54) is 0 Å². The quantitative estimate of drug-likeness (QED) is 0.667. The van der Waals surface area contributed by atoms with E-state index in [1.807, 2.05) is 32.0 Å². The van der Waals surface area contributed by atoms with Crippen LogP contribution in [0.5, 0.6) is 5.75 Å². The second kappa shape index (κ2) is 9.79. The van der Waals surface area contributed by atoms with E-state index in [0.717, 1.165) is 41.7 Å². The maximum absolute atomic E-state index is 11.8. The van der Waals surface area contributed by atoms with E-state index in [1.54, 1.807) is 0 Å². The molecule has 118 valence electrons. The second-order valence-electron chi connectivity index (χ2n) is 5.09. The van der Waals surface area contributed by atoms with Crippen LogP contribution in [-0.2, 0) is 11.3 Å². The first-order chi connectivity index (χ1) is 10.1. The van der Waals surface area contributed by atoms with Gasteiger partial charge in [0.1, 0.15) is 5.75 Å². The van der Waals surface area contributed by atoms with Gasteiger partial charge in [-0.05, 0) is 44.5 Å². The molecule has 0 fully saturated rings. The molecule has 1 amide bonds. The fourth-order valence-corrected chi connectivity index (χ4v) is 2.20. The molecule has 0 aromatic heterocycles. The lowest BCUT2D eigenvalue weighted by Gasteiger charge is -2.14. The smallest absolute Gasteiger partial charge is 0.258 e. The summed E-state index contributed by atoms with van der Waals surface area (Å²) in [5.41, 5.74) is 1.05. The minimum absolute atomic E-state index is 0.0484. The number of halogens is 1. The van der Waals surface area contributed by atoms with E-state index in [4.69, 9.17) is 4.74 Å². The summed E-state index contributed by atoms with van der Waals surface area (Å²) in [7, 11) is 0. The molecule has 0 bridgehead atoms. The number of nitrogens with one attached hydrogen (secondary N) is 2. The van der Waals surface area contributed by atoms with Gasteiger partial charge in [-0.1, -0.05) is 29.8 Å². The fraction of sp³-hybridized carbons (Fsp3) is 0.562. The summed E-state index contributed by atoms with van der Waals surface area (Å²) < 4.78 is 6.66.